The maximum atomic E-state index is 9.81. The molecule has 0 aliphatic heterocycles. The van der Waals surface area contributed by atoms with Crippen LogP contribution in [0.1, 0.15) is 45.1 Å². The van der Waals surface area contributed by atoms with Gasteiger partial charge in [0, 0.05) is 6.42 Å². The summed E-state index contributed by atoms with van der Waals surface area (Å²) in [7, 11) is 0. The molecule has 0 bridgehead atoms. The lowest BCUT2D eigenvalue weighted by Crippen LogP contribution is -2.12. The van der Waals surface area contributed by atoms with E-state index in [9.17, 15) is 5.11 Å². The summed E-state index contributed by atoms with van der Waals surface area (Å²) in [5.41, 5.74) is 1.20. The molecule has 1 N–H and O–H groups in total. The maximum Gasteiger partial charge on any atom is 0.119 e. The maximum absolute atomic E-state index is 9.81. The van der Waals surface area contributed by atoms with Gasteiger partial charge in [0.15, 0.2) is 0 Å². The van der Waals surface area contributed by atoms with E-state index in [1.807, 2.05) is 31.2 Å². The zero-order valence-corrected chi connectivity index (χ0v) is 11.9. The Balaban J connectivity index is 2.13. The van der Waals surface area contributed by atoms with Gasteiger partial charge in [0.05, 0.1) is 12.7 Å². The molecular weight excluding hydrogens is 224 g/mol. The minimum atomic E-state index is -0.228. The van der Waals surface area contributed by atoms with Crippen molar-refractivity contribution in [1.29, 1.82) is 0 Å². The molecule has 0 aromatic heterocycles. The number of ether oxygens (including phenoxy) is 1. The zero-order valence-electron chi connectivity index (χ0n) is 11.9. The van der Waals surface area contributed by atoms with Crippen LogP contribution in [-0.2, 0) is 0 Å². The van der Waals surface area contributed by atoms with Gasteiger partial charge >= 0.3 is 0 Å². The molecule has 1 rings (SSSR count). The van der Waals surface area contributed by atoms with Gasteiger partial charge in [-0.3, -0.25) is 0 Å². The lowest BCUT2D eigenvalue weighted by atomic mass is 10.0. The fourth-order valence-electron chi connectivity index (χ4n) is 1.92. The number of aliphatic hydroxyl groups excluding tert-OH is 1. The molecule has 0 aliphatic rings. The highest BCUT2D eigenvalue weighted by Crippen LogP contribution is 2.14. The Morgan fingerprint density at radius 1 is 1.17 bits per heavy atom. The second kappa shape index (κ2) is 8.15. The summed E-state index contributed by atoms with van der Waals surface area (Å²) >= 11 is 0. The van der Waals surface area contributed by atoms with Crippen molar-refractivity contribution < 1.29 is 9.84 Å². The number of aliphatic hydroxyl groups is 1. The van der Waals surface area contributed by atoms with E-state index in [4.69, 9.17) is 4.74 Å². The van der Waals surface area contributed by atoms with E-state index < -0.39 is 0 Å². The standard InChI is InChI=1S/C16H26O2/c1-13(2)6-4-8-15(17)10-11-18-16-9-5-7-14(3)12-16/h5,7,9,12-13,15,17H,4,6,8,10-11H2,1-3H3. The molecule has 1 aromatic rings. The van der Waals surface area contributed by atoms with Crippen LogP contribution in [0.3, 0.4) is 0 Å². The van der Waals surface area contributed by atoms with Gasteiger partial charge in [-0.2, -0.15) is 0 Å². The van der Waals surface area contributed by atoms with Gasteiger partial charge in [-0.25, -0.2) is 0 Å². The fourth-order valence-corrected chi connectivity index (χ4v) is 1.92. The van der Waals surface area contributed by atoms with Crippen molar-refractivity contribution in [3.05, 3.63) is 29.8 Å². The summed E-state index contributed by atoms with van der Waals surface area (Å²) in [6.07, 6.45) is 3.66. The normalized spacial score (nSPS) is 12.7. The van der Waals surface area contributed by atoms with E-state index in [-0.39, 0.29) is 6.10 Å². The van der Waals surface area contributed by atoms with E-state index in [0.29, 0.717) is 13.0 Å². The molecule has 0 fully saturated rings. The topological polar surface area (TPSA) is 29.5 Å². The Hall–Kier alpha value is -1.02. The zero-order chi connectivity index (χ0) is 13.4. The molecule has 0 spiro atoms. The second-order valence-electron chi connectivity index (χ2n) is 5.43. The molecule has 1 atom stereocenters. The predicted molar refractivity (Wildman–Crippen MR) is 76.0 cm³/mol. The molecule has 18 heavy (non-hydrogen) atoms. The van der Waals surface area contributed by atoms with Crippen LogP contribution >= 0.6 is 0 Å². The van der Waals surface area contributed by atoms with E-state index in [2.05, 4.69) is 13.8 Å². The minimum Gasteiger partial charge on any atom is -0.493 e. The lowest BCUT2D eigenvalue weighted by molar-refractivity contribution is 0.127. The van der Waals surface area contributed by atoms with E-state index >= 15 is 0 Å². The SMILES string of the molecule is Cc1cccc(OCCC(O)CCCC(C)C)c1. The highest BCUT2D eigenvalue weighted by Gasteiger charge is 2.05. The molecule has 0 saturated heterocycles. The molecule has 0 radical (unpaired) electrons. The monoisotopic (exact) mass is 250 g/mol. The third-order valence-corrected chi connectivity index (χ3v) is 3.03. The predicted octanol–water partition coefficient (Wildman–Crippen LogP) is 3.95. The van der Waals surface area contributed by atoms with Crippen molar-refractivity contribution in [2.75, 3.05) is 6.61 Å². The van der Waals surface area contributed by atoms with Crippen LogP contribution in [0.2, 0.25) is 0 Å². The van der Waals surface area contributed by atoms with Crippen molar-refractivity contribution >= 4 is 0 Å². The number of hydrogen-bond acceptors (Lipinski definition) is 2. The van der Waals surface area contributed by atoms with Gasteiger partial charge in [0.1, 0.15) is 5.75 Å². The van der Waals surface area contributed by atoms with Gasteiger partial charge < -0.3 is 9.84 Å². The Kier molecular flexibility index (Phi) is 6.81. The summed E-state index contributed by atoms with van der Waals surface area (Å²) < 4.78 is 5.62. The molecule has 0 heterocycles. The van der Waals surface area contributed by atoms with E-state index in [1.165, 1.54) is 12.0 Å². The van der Waals surface area contributed by atoms with E-state index in [0.717, 1.165) is 24.5 Å². The number of benzene rings is 1. The van der Waals surface area contributed by atoms with Gasteiger partial charge in [0.2, 0.25) is 0 Å². The highest BCUT2D eigenvalue weighted by molar-refractivity contribution is 5.27. The lowest BCUT2D eigenvalue weighted by Gasteiger charge is -2.12. The third-order valence-electron chi connectivity index (χ3n) is 3.03. The number of rotatable bonds is 8. The smallest absolute Gasteiger partial charge is 0.119 e. The summed E-state index contributed by atoms with van der Waals surface area (Å²) in [5.74, 6) is 1.62. The number of aryl methyl sites for hydroxylation is 1. The van der Waals surface area contributed by atoms with Crippen LogP contribution < -0.4 is 4.74 Å². The summed E-state index contributed by atoms with van der Waals surface area (Å²) in [5, 5.41) is 9.81. The third kappa shape index (κ3) is 6.65. The Morgan fingerprint density at radius 2 is 1.94 bits per heavy atom. The molecule has 0 aliphatic carbocycles. The minimum absolute atomic E-state index is 0.228. The first-order valence-electron chi connectivity index (χ1n) is 6.95. The summed E-state index contributed by atoms with van der Waals surface area (Å²) in [6, 6.07) is 8.01. The van der Waals surface area contributed by atoms with Crippen molar-refractivity contribution in [3.8, 4) is 5.75 Å². The first-order chi connectivity index (χ1) is 8.58. The molecular formula is C16H26O2. The van der Waals surface area contributed by atoms with Gasteiger partial charge in [0.25, 0.3) is 0 Å². The molecule has 2 nitrogen and oxygen atoms in total. The largest absolute Gasteiger partial charge is 0.493 e. The van der Waals surface area contributed by atoms with Crippen LogP contribution in [0.4, 0.5) is 0 Å². The summed E-state index contributed by atoms with van der Waals surface area (Å²) in [6.45, 7) is 7.07. The van der Waals surface area contributed by atoms with Crippen LogP contribution in [0, 0.1) is 12.8 Å². The summed E-state index contributed by atoms with van der Waals surface area (Å²) in [4.78, 5) is 0. The van der Waals surface area contributed by atoms with Gasteiger partial charge in [-0.15, -0.1) is 0 Å². The molecule has 2 heteroatoms. The molecule has 0 saturated carbocycles. The first-order valence-corrected chi connectivity index (χ1v) is 6.95. The molecule has 1 unspecified atom stereocenters. The van der Waals surface area contributed by atoms with E-state index in [1.54, 1.807) is 0 Å². The van der Waals surface area contributed by atoms with Crippen molar-refractivity contribution in [2.24, 2.45) is 5.92 Å². The van der Waals surface area contributed by atoms with Gasteiger partial charge in [-0.1, -0.05) is 38.8 Å². The average molecular weight is 250 g/mol. The van der Waals surface area contributed by atoms with Crippen LogP contribution in [-0.4, -0.2) is 17.8 Å². The molecule has 102 valence electrons. The number of hydrogen-bond donors (Lipinski definition) is 1. The van der Waals surface area contributed by atoms with Crippen LogP contribution in [0.15, 0.2) is 24.3 Å². The van der Waals surface area contributed by atoms with Crippen LogP contribution in [0.5, 0.6) is 5.75 Å². The Morgan fingerprint density at radius 3 is 2.61 bits per heavy atom. The van der Waals surface area contributed by atoms with Crippen LogP contribution in [0.25, 0.3) is 0 Å². The average Bonchev–Trinajstić information content (AvgIpc) is 2.28. The first kappa shape index (κ1) is 15.0. The van der Waals surface area contributed by atoms with Crippen molar-refractivity contribution in [1.82, 2.24) is 0 Å². The Bertz CT molecular complexity index is 334. The molecule has 0 amide bonds. The Labute approximate surface area is 111 Å². The second-order valence-corrected chi connectivity index (χ2v) is 5.43. The molecule has 1 aromatic carbocycles. The van der Waals surface area contributed by atoms with Gasteiger partial charge in [-0.05, 0) is 37.0 Å². The van der Waals surface area contributed by atoms with Crippen molar-refractivity contribution in [2.45, 2.75) is 52.6 Å². The highest BCUT2D eigenvalue weighted by atomic mass is 16.5. The fraction of sp³-hybridized carbons (Fsp3) is 0.625. The quantitative estimate of drug-likeness (QED) is 0.757. The van der Waals surface area contributed by atoms with Crippen molar-refractivity contribution in [3.63, 3.8) is 0 Å².